The van der Waals surface area contributed by atoms with Crippen LogP contribution in [-0.4, -0.2) is 17.9 Å². The van der Waals surface area contributed by atoms with Crippen molar-refractivity contribution in [1.29, 1.82) is 0 Å². The monoisotopic (exact) mass is 156 g/mol. The van der Waals surface area contributed by atoms with E-state index in [2.05, 4.69) is 0 Å². The maximum absolute atomic E-state index is 11.2. The van der Waals surface area contributed by atoms with Gasteiger partial charge in [-0.2, -0.15) is 0 Å². The summed E-state index contributed by atoms with van der Waals surface area (Å²) in [6.07, 6.45) is 0.501. The molecule has 1 aliphatic heterocycles. The van der Waals surface area contributed by atoms with E-state index in [-0.39, 0.29) is 17.7 Å². The van der Waals surface area contributed by atoms with Gasteiger partial charge in [-0.3, -0.25) is 9.59 Å². The van der Waals surface area contributed by atoms with Gasteiger partial charge in [0.2, 0.25) is 0 Å². The number of hydrogen-bond donors (Lipinski definition) is 0. The molecule has 0 aliphatic carbocycles. The van der Waals surface area contributed by atoms with Gasteiger partial charge < -0.3 is 4.74 Å². The van der Waals surface area contributed by atoms with Crippen LogP contribution in [0, 0.1) is 5.92 Å². The van der Waals surface area contributed by atoms with E-state index < -0.39 is 6.10 Å². The smallest absolute Gasteiger partial charge is 0.306 e. The third kappa shape index (κ3) is 1.79. The lowest BCUT2D eigenvalue weighted by Crippen LogP contribution is -2.24. The lowest BCUT2D eigenvalue weighted by atomic mass is 10.0. The molecule has 0 unspecified atom stereocenters. The van der Waals surface area contributed by atoms with Crippen LogP contribution in [0.2, 0.25) is 0 Å². The zero-order valence-electron chi connectivity index (χ0n) is 6.79. The van der Waals surface area contributed by atoms with E-state index in [4.69, 9.17) is 4.74 Å². The maximum Gasteiger partial charge on any atom is 0.306 e. The van der Waals surface area contributed by atoms with Crippen LogP contribution in [0.15, 0.2) is 0 Å². The molecule has 11 heavy (non-hydrogen) atoms. The summed E-state index contributed by atoms with van der Waals surface area (Å²) >= 11 is 0. The highest BCUT2D eigenvalue weighted by Gasteiger charge is 2.30. The molecule has 1 heterocycles. The number of ketones is 1. The number of hydrogen-bond acceptors (Lipinski definition) is 3. The van der Waals surface area contributed by atoms with E-state index in [0.717, 1.165) is 0 Å². The van der Waals surface area contributed by atoms with Gasteiger partial charge in [-0.15, -0.1) is 0 Å². The van der Waals surface area contributed by atoms with Gasteiger partial charge in [0.05, 0.1) is 0 Å². The molecule has 3 nitrogen and oxygen atoms in total. The average molecular weight is 156 g/mol. The van der Waals surface area contributed by atoms with Crippen molar-refractivity contribution in [2.24, 2.45) is 5.92 Å². The van der Waals surface area contributed by atoms with Gasteiger partial charge in [0, 0.05) is 18.8 Å². The van der Waals surface area contributed by atoms with E-state index >= 15 is 0 Å². The Bertz CT molecular complexity index is 184. The van der Waals surface area contributed by atoms with Gasteiger partial charge in [0.25, 0.3) is 0 Å². The largest absolute Gasteiger partial charge is 0.454 e. The highest BCUT2D eigenvalue weighted by atomic mass is 16.6. The second kappa shape index (κ2) is 3.03. The zero-order chi connectivity index (χ0) is 8.43. The zero-order valence-corrected chi connectivity index (χ0v) is 6.79. The van der Waals surface area contributed by atoms with E-state index in [1.165, 1.54) is 0 Å². The van der Waals surface area contributed by atoms with Crippen molar-refractivity contribution in [1.82, 2.24) is 0 Å². The summed E-state index contributed by atoms with van der Waals surface area (Å²) in [7, 11) is 0. The second-order valence-electron chi connectivity index (χ2n) is 3.07. The van der Waals surface area contributed by atoms with Crippen LogP contribution in [-0.2, 0) is 14.3 Å². The van der Waals surface area contributed by atoms with Crippen molar-refractivity contribution in [3.05, 3.63) is 0 Å². The first-order valence-electron chi connectivity index (χ1n) is 3.84. The van der Waals surface area contributed by atoms with Crippen molar-refractivity contribution in [2.45, 2.75) is 32.8 Å². The Hall–Kier alpha value is -0.860. The summed E-state index contributed by atoms with van der Waals surface area (Å²) in [6.45, 7) is 3.63. The molecule has 1 rings (SSSR count). The molecule has 62 valence electrons. The fourth-order valence-corrected chi connectivity index (χ4v) is 1.10. The number of Topliss-reactive ketones (excluding diaryl/α,β-unsaturated/α-hetero) is 1. The van der Waals surface area contributed by atoms with Crippen molar-refractivity contribution in [2.75, 3.05) is 0 Å². The summed E-state index contributed by atoms with van der Waals surface area (Å²) in [6, 6.07) is 0. The topological polar surface area (TPSA) is 43.4 Å². The first kappa shape index (κ1) is 8.24. The number of esters is 1. The molecule has 0 spiro atoms. The van der Waals surface area contributed by atoms with E-state index in [1.807, 2.05) is 13.8 Å². The Morgan fingerprint density at radius 1 is 1.64 bits per heavy atom. The Labute approximate surface area is 65.7 Å². The molecule has 1 atom stereocenters. The molecule has 0 aromatic rings. The quantitative estimate of drug-likeness (QED) is 0.558. The number of rotatable bonds is 2. The van der Waals surface area contributed by atoms with Crippen LogP contribution in [0.4, 0.5) is 0 Å². The number of carbonyl (C=O) groups is 2. The normalized spacial score (nSPS) is 23.9. The molecular weight excluding hydrogens is 144 g/mol. The summed E-state index contributed by atoms with van der Waals surface area (Å²) in [5.41, 5.74) is 0. The van der Waals surface area contributed by atoms with Gasteiger partial charge in [-0.05, 0) is 0 Å². The van der Waals surface area contributed by atoms with E-state index in [0.29, 0.717) is 12.8 Å². The Kier molecular flexibility index (Phi) is 2.27. The lowest BCUT2D eigenvalue weighted by Gasteiger charge is -2.09. The lowest BCUT2D eigenvalue weighted by molar-refractivity contribution is -0.148. The van der Waals surface area contributed by atoms with Gasteiger partial charge in [0.15, 0.2) is 11.9 Å². The Morgan fingerprint density at radius 3 is 2.64 bits per heavy atom. The van der Waals surface area contributed by atoms with Crippen LogP contribution >= 0.6 is 0 Å². The molecule has 0 aromatic heterocycles. The fourth-order valence-electron chi connectivity index (χ4n) is 1.10. The predicted molar refractivity (Wildman–Crippen MR) is 39.0 cm³/mol. The first-order chi connectivity index (χ1) is 5.11. The van der Waals surface area contributed by atoms with Crippen molar-refractivity contribution in [3.8, 4) is 0 Å². The van der Waals surface area contributed by atoms with E-state index in [1.54, 1.807) is 0 Å². The molecule has 0 N–H and O–H groups in total. The highest BCUT2D eigenvalue weighted by molar-refractivity contribution is 5.89. The molecular formula is C8H12O3. The van der Waals surface area contributed by atoms with Crippen LogP contribution in [0.5, 0.6) is 0 Å². The maximum atomic E-state index is 11.2. The molecule has 0 aromatic carbocycles. The molecule has 0 amide bonds. The molecule has 0 saturated carbocycles. The summed E-state index contributed by atoms with van der Waals surface area (Å²) < 4.78 is 4.80. The first-order valence-corrected chi connectivity index (χ1v) is 3.84. The predicted octanol–water partition coefficient (Wildman–Crippen LogP) is 0.917. The molecule has 3 heteroatoms. The standard InChI is InChI=1S/C8H12O3/c1-5(2)8(10)6-3-4-7(9)11-6/h5-6H,3-4H2,1-2H3/t6-/m1/s1. The number of ether oxygens (including phenoxy) is 1. The molecule has 0 radical (unpaired) electrons. The van der Waals surface area contributed by atoms with E-state index in [9.17, 15) is 9.59 Å². The molecule has 1 saturated heterocycles. The third-order valence-electron chi connectivity index (χ3n) is 1.77. The Morgan fingerprint density at radius 2 is 2.27 bits per heavy atom. The fraction of sp³-hybridized carbons (Fsp3) is 0.750. The molecule has 1 fully saturated rings. The molecule has 1 aliphatic rings. The van der Waals surface area contributed by atoms with Crippen LogP contribution in [0.1, 0.15) is 26.7 Å². The second-order valence-corrected chi connectivity index (χ2v) is 3.07. The minimum Gasteiger partial charge on any atom is -0.454 e. The van der Waals surface area contributed by atoms with Crippen molar-refractivity contribution < 1.29 is 14.3 Å². The highest BCUT2D eigenvalue weighted by Crippen LogP contribution is 2.17. The van der Waals surface area contributed by atoms with Crippen LogP contribution in [0.25, 0.3) is 0 Å². The SMILES string of the molecule is CC(C)C(=O)[C@H]1CCC(=O)O1. The Balaban J connectivity index is 2.50. The average Bonchev–Trinajstić information content (AvgIpc) is 2.34. The minimum absolute atomic E-state index is 0.0362. The van der Waals surface area contributed by atoms with Gasteiger partial charge in [-0.25, -0.2) is 0 Å². The number of carbonyl (C=O) groups excluding carboxylic acids is 2. The third-order valence-corrected chi connectivity index (χ3v) is 1.77. The summed E-state index contributed by atoms with van der Waals surface area (Å²) in [4.78, 5) is 21.8. The van der Waals surface area contributed by atoms with Gasteiger partial charge in [-0.1, -0.05) is 13.8 Å². The van der Waals surface area contributed by atoms with Crippen LogP contribution < -0.4 is 0 Å². The van der Waals surface area contributed by atoms with Crippen molar-refractivity contribution >= 4 is 11.8 Å². The molecule has 0 bridgehead atoms. The van der Waals surface area contributed by atoms with Crippen LogP contribution in [0.3, 0.4) is 0 Å². The van der Waals surface area contributed by atoms with Gasteiger partial charge in [0.1, 0.15) is 0 Å². The number of cyclic esters (lactones) is 1. The minimum atomic E-state index is -0.456. The van der Waals surface area contributed by atoms with Gasteiger partial charge >= 0.3 is 5.97 Å². The summed E-state index contributed by atoms with van der Waals surface area (Å²) in [5.74, 6) is -0.245. The summed E-state index contributed by atoms with van der Waals surface area (Å²) in [5, 5.41) is 0. The van der Waals surface area contributed by atoms with Crippen molar-refractivity contribution in [3.63, 3.8) is 0 Å².